The minimum Gasteiger partial charge on any atom is -0.492 e. The average molecular weight is 203 g/mol. The Hall–Kier alpha value is -0.340. The summed E-state index contributed by atoms with van der Waals surface area (Å²) < 4.78 is 5.40. The predicted octanol–water partition coefficient (Wildman–Crippen LogP) is 3.04. The Morgan fingerprint density at radius 1 is 1.33 bits per heavy atom. The molecule has 0 bridgehead atoms. The van der Waals surface area contributed by atoms with Crippen LogP contribution in [0.25, 0.3) is 0 Å². The van der Waals surface area contributed by atoms with Crippen LogP contribution in [-0.4, -0.2) is 12.4 Å². The van der Waals surface area contributed by atoms with Gasteiger partial charge < -0.3 is 4.74 Å². The lowest BCUT2D eigenvalue weighted by atomic mass is 10.3. The van der Waals surface area contributed by atoms with Crippen molar-refractivity contribution in [2.75, 3.05) is 12.4 Å². The standard InChI is InChI=1S/C9H11ClOS/c10-8-4-1-2-5-9(8)11-6-3-7-12/h1-2,4-5,12H,3,6-7H2. The summed E-state index contributed by atoms with van der Waals surface area (Å²) in [5.41, 5.74) is 0. The maximum absolute atomic E-state index is 5.86. The summed E-state index contributed by atoms with van der Waals surface area (Å²) in [5.74, 6) is 1.59. The molecule has 0 fully saturated rings. The van der Waals surface area contributed by atoms with Gasteiger partial charge in [-0.1, -0.05) is 23.7 Å². The molecule has 12 heavy (non-hydrogen) atoms. The number of para-hydroxylation sites is 1. The van der Waals surface area contributed by atoms with Crippen molar-refractivity contribution < 1.29 is 4.74 Å². The largest absolute Gasteiger partial charge is 0.492 e. The van der Waals surface area contributed by atoms with E-state index in [1.54, 1.807) is 0 Å². The molecule has 0 atom stereocenters. The average Bonchev–Trinajstić information content (AvgIpc) is 2.09. The summed E-state index contributed by atoms with van der Waals surface area (Å²) in [4.78, 5) is 0. The van der Waals surface area contributed by atoms with Gasteiger partial charge in [-0.15, -0.1) is 0 Å². The smallest absolute Gasteiger partial charge is 0.137 e. The molecule has 0 aliphatic heterocycles. The van der Waals surface area contributed by atoms with Crippen LogP contribution >= 0.6 is 24.2 Å². The number of hydrogen-bond acceptors (Lipinski definition) is 2. The number of rotatable bonds is 4. The number of halogens is 1. The second-order valence-electron chi connectivity index (χ2n) is 2.36. The summed E-state index contributed by atoms with van der Waals surface area (Å²) in [7, 11) is 0. The van der Waals surface area contributed by atoms with Crippen LogP contribution in [0.15, 0.2) is 24.3 Å². The molecule has 0 aliphatic rings. The Balaban J connectivity index is 2.46. The summed E-state index contributed by atoms with van der Waals surface area (Å²) in [5, 5.41) is 0.664. The van der Waals surface area contributed by atoms with Crippen LogP contribution in [-0.2, 0) is 0 Å². The van der Waals surface area contributed by atoms with Gasteiger partial charge in [-0.3, -0.25) is 0 Å². The van der Waals surface area contributed by atoms with E-state index in [1.807, 2.05) is 24.3 Å². The topological polar surface area (TPSA) is 9.23 Å². The van der Waals surface area contributed by atoms with Crippen LogP contribution in [0, 0.1) is 0 Å². The summed E-state index contributed by atoms with van der Waals surface area (Å²) in [6, 6.07) is 7.47. The van der Waals surface area contributed by atoms with Gasteiger partial charge in [0.2, 0.25) is 0 Å². The fourth-order valence-corrected chi connectivity index (χ4v) is 1.13. The highest BCUT2D eigenvalue weighted by Crippen LogP contribution is 2.22. The Labute approximate surface area is 83.1 Å². The first kappa shape index (κ1) is 9.75. The van der Waals surface area contributed by atoms with Gasteiger partial charge in [-0.05, 0) is 24.3 Å². The predicted molar refractivity (Wildman–Crippen MR) is 55.4 cm³/mol. The number of thiol groups is 1. The van der Waals surface area contributed by atoms with Crippen molar-refractivity contribution in [2.24, 2.45) is 0 Å². The molecule has 1 rings (SSSR count). The first-order valence-electron chi connectivity index (χ1n) is 3.83. The van der Waals surface area contributed by atoms with Crippen molar-refractivity contribution in [3.8, 4) is 5.75 Å². The molecule has 3 heteroatoms. The molecular formula is C9H11ClOS. The van der Waals surface area contributed by atoms with Gasteiger partial charge in [-0.2, -0.15) is 12.6 Å². The molecule has 66 valence electrons. The molecule has 0 aliphatic carbocycles. The Bertz CT molecular complexity index is 240. The van der Waals surface area contributed by atoms with Crippen LogP contribution in [0.4, 0.5) is 0 Å². The van der Waals surface area contributed by atoms with Crippen LogP contribution in [0.2, 0.25) is 5.02 Å². The van der Waals surface area contributed by atoms with Gasteiger partial charge >= 0.3 is 0 Å². The minimum absolute atomic E-state index is 0.664. The van der Waals surface area contributed by atoms with Crippen molar-refractivity contribution in [3.63, 3.8) is 0 Å². The summed E-state index contributed by atoms with van der Waals surface area (Å²) in [6.07, 6.45) is 0.939. The van der Waals surface area contributed by atoms with Gasteiger partial charge in [0.15, 0.2) is 0 Å². The van der Waals surface area contributed by atoms with Crippen LogP contribution < -0.4 is 4.74 Å². The summed E-state index contributed by atoms with van der Waals surface area (Å²) in [6.45, 7) is 0.674. The third-order valence-electron chi connectivity index (χ3n) is 1.40. The summed E-state index contributed by atoms with van der Waals surface area (Å²) >= 11 is 9.94. The van der Waals surface area contributed by atoms with Gasteiger partial charge in [0.25, 0.3) is 0 Å². The molecular weight excluding hydrogens is 192 g/mol. The van der Waals surface area contributed by atoms with E-state index in [-0.39, 0.29) is 0 Å². The Kier molecular flexibility index (Phi) is 4.33. The normalized spacial score (nSPS) is 9.83. The van der Waals surface area contributed by atoms with E-state index in [0.717, 1.165) is 17.9 Å². The van der Waals surface area contributed by atoms with Gasteiger partial charge in [0.05, 0.1) is 11.6 Å². The van der Waals surface area contributed by atoms with Crippen molar-refractivity contribution >= 4 is 24.2 Å². The monoisotopic (exact) mass is 202 g/mol. The fourth-order valence-electron chi connectivity index (χ4n) is 0.808. The van der Waals surface area contributed by atoms with E-state index in [0.29, 0.717) is 11.6 Å². The van der Waals surface area contributed by atoms with E-state index < -0.39 is 0 Å². The second-order valence-corrected chi connectivity index (χ2v) is 3.21. The molecule has 1 aromatic rings. The molecule has 1 aromatic carbocycles. The number of benzene rings is 1. The molecule has 0 saturated heterocycles. The SMILES string of the molecule is SCCCOc1ccccc1Cl. The zero-order valence-corrected chi connectivity index (χ0v) is 8.31. The fraction of sp³-hybridized carbons (Fsp3) is 0.333. The zero-order valence-electron chi connectivity index (χ0n) is 6.66. The quantitative estimate of drug-likeness (QED) is 0.584. The lowest BCUT2D eigenvalue weighted by molar-refractivity contribution is 0.319. The van der Waals surface area contributed by atoms with Crippen molar-refractivity contribution in [1.82, 2.24) is 0 Å². The number of ether oxygens (including phenoxy) is 1. The molecule has 0 spiro atoms. The van der Waals surface area contributed by atoms with Crippen molar-refractivity contribution in [1.29, 1.82) is 0 Å². The van der Waals surface area contributed by atoms with E-state index in [9.17, 15) is 0 Å². The third-order valence-corrected chi connectivity index (χ3v) is 2.03. The minimum atomic E-state index is 0.664. The van der Waals surface area contributed by atoms with Gasteiger partial charge in [-0.25, -0.2) is 0 Å². The first-order valence-corrected chi connectivity index (χ1v) is 4.84. The molecule has 0 aromatic heterocycles. The highest BCUT2D eigenvalue weighted by molar-refractivity contribution is 7.80. The highest BCUT2D eigenvalue weighted by atomic mass is 35.5. The van der Waals surface area contributed by atoms with Crippen LogP contribution in [0.1, 0.15) is 6.42 Å². The van der Waals surface area contributed by atoms with E-state index in [2.05, 4.69) is 12.6 Å². The number of hydrogen-bond donors (Lipinski definition) is 1. The molecule has 0 unspecified atom stereocenters. The second kappa shape index (κ2) is 5.33. The van der Waals surface area contributed by atoms with E-state index in [1.165, 1.54) is 0 Å². The van der Waals surface area contributed by atoms with Gasteiger partial charge in [0, 0.05) is 0 Å². The molecule has 0 amide bonds. The lowest BCUT2D eigenvalue weighted by Crippen LogP contribution is -1.97. The van der Waals surface area contributed by atoms with Crippen LogP contribution in [0.5, 0.6) is 5.75 Å². The molecule has 1 nitrogen and oxygen atoms in total. The first-order chi connectivity index (χ1) is 5.84. The van der Waals surface area contributed by atoms with Crippen molar-refractivity contribution in [2.45, 2.75) is 6.42 Å². The molecule has 0 N–H and O–H groups in total. The Morgan fingerprint density at radius 2 is 2.08 bits per heavy atom. The van der Waals surface area contributed by atoms with Gasteiger partial charge in [0.1, 0.15) is 5.75 Å². The van der Waals surface area contributed by atoms with Crippen molar-refractivity contribution in [3.05, 3.63) is 29.3 Å². The zero-order chi connectivity index (χ0) is 8.81. The highest BCUT2D eigenvalue weighted by Gasteiger charge is 1.97. The maximum Gasteiger partial charge on any atom is 0.137 e. The Morgan fingerprint density at radius 3 is 2.75 bits per heavy atom. The molecule has 0 saturated carbocycles. The molecule has 0 radical (unpaired) electrons. The third kappa shape index (κ3) is 2.95. The van der Waals surface area contributed by atoms with E-state index in [4.69, 9.17) is 16.3 Å². The molecule has 0 heterocycles. The maximum atomic E-state index is 5.86. The lowest BCUT2D eigenvalue weighted by Gasteiger charge is -2.05. The van der Waals surface area contributed by atoms with Crippen LogP contribution in [0.3, 0.4) is 0 Å². The van der Waals surface area contributed by atoms with E-state index >= 15 is 0 Å².